The molecule has 0 aliphatic heterocycles. The lowest BCUT2D eigenvalue weighted by atomic mass is 9.32. The third-order valence-electron chi connectivity index (χ3n) is 7.48. The fourth-order valence-electron chi connectivity index (χ4n) is 6.69. The van der Waals surface area contributed by atoms with Crippen molar-refractivity contribution in [3.8, 4) is 0 Å². The number of fused-ring (bicyclic) bond motifs is 3. The van der Waals surface area contributed by atoms with Crippen LogP contribution in [0, 0.1) is 46.3 Å². The molecule has 4 bridgehead atoms. The quantitative estimate of drug-likeness (QED) is 0.614. The first kappa shape index (κ1) is 9.97. The molecular weight excluding hydrogens is 192 g/mol. The van der Waals surface area contributed by atoms with Gasteiger partial charge in [0, 0.05) is 0 Å². The Hall–Kier alpha value is 0. The predicted octanol–water partition coefficient (Wildman–Crippen LogP) is 4.35. The molecule has 0 aromatic rings. The zero-order chi connectivity index (χ0) is 11.3. The molecule has 0 aromatic carbocycles. The van der Waals surface area contributed by atoms with Crippen LogP contribution in [-0.4, -0.2) is 0 Å². The lowest BCUT2D eigenvalue weighted by molar-refractivity contribution is -0.245. The third kappa shape index (κ3) is 0.842. The van der Waals surface area contributed by atoms with Gasteiger partial charge in [-0.3, -0.25) is 0 Å². The first-order valence-corrected chi connectivity index (χ1v) is 7.48. The summed E-state index contributed by atoms with van der Waals surface area (Å²) < 4.78 is 0. The zero-order valence-corrected chi connectivity index (χ0v) is 11.3. The Labute approximate surface area is 100 Å². The molecule has 90 valence electrons. The smallest absolute Gasteiger partial charge is 0.0258 e. The predicted molar refractivity (Wildman–Crippen MR) is 67.0 cm³/mol. The van der Waals surface area contributed by atoms with E-state index in [0.717, 1.165) is 46.3 Å². The van der Waals surface area contributed by atoms with Crippen LogP contribution in [0.1, 0.15) is 53.4 Å². The normalized spacial score (nSPS) is 66.2. The van der Waals surface area contributed by atoms with Crippen LogP contribution in [0.4, 0.5) is 0 Å². The molecule has 5 saturated carbocycles. The van der Waals surface area contributed by atoms with Gasteiger partial charge in [-0.15, -0.1) is 0 Å². The van der Waals surface area contributed by atoms with Gasteiger partial charge in [0.1, 0.15) is 0 Å². The molecule has 5 rings (SSSR count). The summed E-state index contributed by atoms with van der Waals surface area (Å²) in [6.45, 7) is 10.2. The van der Waals surface area contributed by atoms with E-state index >= 15 is 0 Å². The van der Waals surface area contributed by atoms with Crippen LogP contribution in [0.5, 0.6) is 0 Å². The molecular formula is C16H26. The third-order valence-corrected chi connectivity index (χ3v) is 7.48. The van der Waals surface area contributed by atoms with Gasteiger partial charge in [-0.05, 0) is 72.0 Å². The molecule has 2 unspecified atom stereocenters. The molecule has 7 atom stereocenters. The van der Waals surface area contributed by atoms with Crippen molar-refractivity contribution >= 4 is 0 Å². The fourth-order valence-corrected chi connectivity index (χ4v) is 6.69. The summed E-state index contributed by atoms with van der Waals surface area (Å²) in [5, 5.41) is 0. The largest absolute Gasteiger partial charge is 0.0625 e. The molecule has 0 spiro atoms. The summed E-state index contributed by atoms with van der Waals surface area (Å²) in [7, 11) is 0. The van der Waals surface area contributed by atoms with Crippen molar-refractivity contribution in [1.82, 2.24) is 0 Å². The number of hydrogen-bond donors (Lipinski definition) is 0. The maximum Gasteiger partial charge on any atom is -0.0258 e. The minimum absolute atomic E-state index is 0.776. The van der Waals surface area contributed by atoms with Gasteiger partial charge in [-0.25, -0.2) is 0 Å². The lowest BCUT2D eigenvalue weighted by Gasteiger charge is -2.72. The molecule has 0 amide bonds. The molecule has 5 fully saturated rings. The summed E-state index contributed by atoms with van der Waals surface area (Å²) in [6.07, 6.45) is 6.25. The van der Waals surface area contributed by atoms with E-state index in [9.17, 15) is 0 Å². The van der Waals surface area contributed by atoms with Crippen molar-refractivity contribution in [2.75, 3.05) is 0 Å². The standard InChI is InChI=1S/C16H26/c1-9(2)11-5-6-15(3)12-7-10-8-16(10,4)14(15)13(11)12/h9-14H,5-8H2,1-4H3/t10?,11-,12?,13-,14+,15+,16-/m0/s1. The Kier molecular flexibility index (Phi) is 1.59. The summed E-state index contributed by atoms with van der Waals surface area (Å²) in [5.41, 5.74) is 1.57. The van der Waals surface area contributed by atoms with Gasteiger partial charge in [0.2, 0.25) is 0 Å². The van der Waals surface area contributed by atoms with Gasteiger partial charge < -0.3 is 0 Å². The van der Waals surface area contributed by atoms with E-state index in [1.54, 1.807) is 19.3 Å². The van der Waals surface area contributed by atoms with Gasteiger partial charge >= 0.3 is 0 Å². The summed E-state index contributed by atoms with van der Waals surface area (Å²) >= 11 is 0. The molecule has 0 radical (unpaired) electrons. The minimum atomic E-state index is 0.776. The van der Waals surface area contributed by atoms with Gasteiger partial charge in [0.05, 0.1) is 0 Å². The Balaban J connectivity index is 1.73. The highest BCUT2D eigenvalue weighted by molar-refractivity contribution is 5.25. The van der Waals surface area contributed by atoms with E-state index in [0.29, 0.717) is 0 Å². The Morgan fingerprint density at radius 3 is 2.50 bits per heavy atom. The topological polar surface area (TPSA) is 0 Å². The Bertz CT molecular complexity index is 344. The molecule has 0 heteroatoms. The van der Waals surface area contributed by atoms with E-state index in [2.05, 4.69) is 27.7 Å². The minimum Gasteiger partial charge on any atom is -0.0625 e. The maximum absolute atomic E-state index is 2.63. The van der Waals surface area contributed by atoms with Crippen LogP contribution in [0.2, 0.25) is 0 Å². The van der Waals surface area contributed by atoms with Crippen LogP contribution in [0.3, 0.4) is 0 Å². The Morgan fingerprint density at radius 1 is 1.12 bits per heavy atom. The summed E-state index contributed by atoms with van der Waals surface area (Å²) in [4.78, 5) is 0. The van der Waals surface area contributed by atoms with Crippen LogP contribution < -0.4 is 0 Å². The van der Waals surface area contributed by atoms with Gasteiger partial charge in [-0.2, -0.15) is 0 Å². The van der Waals surface area contributed by atoms with Crippen molar-refractivity contribution < 1.29 is 0 Å². The van der Waals surface area contributed by atoms with Crippen LogP contribution in [0.25, 0.3) is 0 Å². The first-order valence-electron chi connectivity index (χ1n) is 7.48. The van der Waals surface area contributed by atoms with Crippen LogP contribution in [0.15, 0.2) is 0 Å². The maximum atomic E-state index is 2.63. The second-order valence-corrected chi connectivity index (χ2v) is 8.26. The molecule has 0 N–H and O–H groups in total. The van der Waals surface area contributed by atoms with Gasteiger partial charge in [0.15, 0.2) is 0 Å². The van der Waals surface area contributed by atoms with Crippen LogP contribution >= 0.6 is 0 Å². The second kappa shape index (κ2) is 2.54. The number of rotatable bonds is 1. The van der Waals surface area contributed by atoms with E-state index in [4.69, 9.17) is 0 Å². The highest BCUT2D eigenvalue weighted by Gasteiger charge is 2.77. The van der Waals surface area contributed by atoms with Crippen molar-refractivity contribution in [2.45, 2.75) is 53.4 Å². The van der Waals surface area contributed by atoms with Gasteiger partial charge in [-0.1, -0.05) is 27.7 Å². The molecule has 0 aromatic heterocycles. The van der Waals surface area contributed by atoms with Gasteiger partial charge in [0.25, 0.3) is 0 Å². The SMILES string of the molecule is CC(C)[C@@H]1CC[C@]2(C)C3CC4C[C@]4(C)[C@@H]2[C@H]31. The average Bonchev–Trinajstić information content (AvgIpc) is 2.89. The Morgan fingerprint density at radius 2 is 1.88 bits per heavy atom. The van der Waals surface area contributed by atoms with E-state index < -0.39 is 0 Å². The van der Waals surface area contributed by atoms with Crippen LogP contribution in [-0.2, 0) is 0 Å². The lowest BCUT2D eigenvalue weighted by Crippen LogP contribution is -2.67. The molecule has 0 saturated heterocycles. The average molecular weight is 218 g/mol. The van der Waals surface area contributed by atoms with E-state index in [-0.39, 0.29) is 0 Å². The molecule has 0 nitrogen and oxygen atoms in total. The molecule has 16 heavy (non-hydrogen) atoms. The highest BCUT2D eigenvalue weighted by atomic mass is 14.8. The zero-order valence-electron chi connectivity index (χ0n) is 11.3. The molecule has 0 heterocycles. The fraction of sp³-hybridized carbons (Fsp3) is 1.00. The monoisotopic (exact) mass is 218 g/mol. The highest BCUT2D eigenvalue weighted by Crippen LogP contribution is 2.84. The van der Waals surface area contributed by atoms with Crippen molar-refractivity contribution in [1.29, 1.82) is 0 Å². The van der Waals surface area contributed by atoms with E-state index in [1.165, 1.54) is 6.42 Å². The summed E-state index contributed by atoms with van der Waals surface area (Å²) in [6, 6.07) is 0. The van der Waals surface area contributed by atoms with Crippen molar-refractivity contribution in [3.05, 3.63) is 0 Å². The second-order valence-electron chi connectivity index (χ2n) is 8.26. The first-order chi connectivity index (χ1) is 7.48. The van der Waals surface area contributed by atoms with E-state index in [1.807, 2.05) is 0 Å². The van der Waals surface area contributed by atoms with Crippen molar-refractivity contribution in [2.24, 2.45) is 46.3 Å². The number of hydrogen-bond acceptors (Lipinski definition) is 0. The van der Waals surface area contributed by atoms with Crippen molar-refractivity contribution in [3.63, 3.8) is 0 Å². The molecule has 5 aliphatic rings. The summed E-state index contributed by atoms with van der Waals surface area (Å²) in [5.74, 6) is 6.50. The molecule has 5 aliphatic carbocycles.